The molecular weight excluding hydrogens is 216 g/mol. The minimum atomic E-state index is -0.136. The van der Waals surface area contributed by atoms with Gasteiger partial charge in [-0.3, -0.25) is 9.78 Å². The Kier molecular flexibility index (Phi) is 3.18. The van der Waals surface area contributed by atoms with E-state index in [4.69, 9.17) is 0 Å². The average Bonchev–Trinajstić information content (AvgIpc) is 2.36. The van der Waals surface area contributed by atoms with Crippen molar-refractivity contribution in [3.63, 3.8) is 0 Å². The maximum absolute atomic E-state index is 11.8. The second-order valence-electron chi connectivity index (χ2n) is 3.84. The number of nitrogens with zero attached hydrogens (tertiary/aromatic N) is 3. The number of hydrogen-bond acceptors (Lipinski definition) is 4. The van der Waals surface area contributed by atoms with E-state index >= 15 is 0 Å². The lowest BCUT2D eigenvalue weighted by Crippen LogP contribution is -2.23. The molecule has 0 aliphatic carbocycles. The van der Waals surface area contributed by atoms with Crippen LogP contribution in [0.4, 0.5) is 5.82 Å². The molecule has 0 saturated carbocycles. The highest BCUT2D eigenvalue weighted by molar-refractivity contribution is 5.34. The largest absolute Gasteiger partial charge is 0.359 e. The van der Waals surface area contributed by atoms with E-state index in [1.807, 2.05) is 19.1 Å². The van der Waals surface area contributed by atoms with Gasteiger partial charge in [0.1, 0.15) is 0 Å². The summed E-state index contributed by atoms with van der Waals surface area (Å²) in [7, 11) is 1.70. The smallest absolute Gasteiger partial charge is 0.293 e. The van der Waals surface area contributed by atoms with Gasteiger partial charge in [-0.05, 0) is 18.6 Å². The van der Waals surface area contributed by atoms with Crippen molar-refractivity contribution < 1.29 is 0 Å². The summed E-state index contributed by atoms with van der Waals surface area (Å²) in [5.41, 5.74) is 0.878. The van der Waals surface area contributed by atoms with Crippen molar-refractivity contribution in [2.45, 2.75) is 13.0 Å². The van der Waals surface area contributed by atoms with Crippen molar-refractivity contribution >= 4 is 5.82 Å². The molecule has 0 fully saturated rings. The van der Waals surface area contributed by atoms with Crippen LogP contribution in [0.25, 0.3) is 0 Å². The molecule has 5 nitrogen and oxygen atoms in total. The van der Waals surface area contributed by atoms with Crippen LogP contribution in [0.15, 0.2) is 41.7 Å². The standard InChI is InChI=1S/C12H14N4O/c1-9(10-4-3-5-13-8-10)15-11-12(17)16(2)7-6-14-11/h3-9H,1-2H3,(H,14,15). The third kappa shape index (κ3) is 2.50. The maximum Gasteiger partial charge on any atom is 0.293 e. The minimum Gasteiger partial charge on any atom is -0.359 e. The molecule has 2 aromatic rings. The van der Waals surface area contributed by atoms with Gasteiger partial charge >= 0.3 is 0 Å². The summed E-state index contributed by atoms with van der Waals surface area (Å²) >= 11 is 0. The molecule has 2 aromatic heterocycles. The van der Waals surface area contributed by atoms with Gasteiger partial charge in [0.2, 0.25) is 0 Å². The Labute approximate surface area is 99.2 Å². The summed E-state index contributed by atoms with van der Waals surface area (Å²) in [6.45, 7) is 1.96. The molecule has 2 heterocycles. The monoisotopic (exact) mass is 230 g/mol. The van der Waals surface area contributed by atoms with Crippen molar-refractivity contribution in [1.29, 1.82) is 0 Å². The first-order valence-corrected chi connectivity index (χ1v) is 5.36. The Bertz CT molecular complexity index is 550. The van der Waals surface area contributed by atoms with E-state index in [2.05, 4.69) is 15.3 Å². The first-order chi connectivity index (χ1) is 8.18. The Morgan fingerprint density at radius 2 is 2.24 bits per heavy atom. The molecule has 5 heteroatoms. The molecule has 0 amide bonds. The fourth-order valence-electron chi connectivity index (χ4n) is 1.52. The van der Waals surface area contributed by atoms with Crippen LogP contribution in [0.3, 0.4) is 0 Å². The van der Waals surface area contributed by atoms with Gasteiger partial charge in [-0.25, -0.2) is 4.98 Å². The lowest BCUT2D eigenvalue weighted by Gasteiger charge is -2.14. The molecule has 0 saturated heterocycles. The van der Waals surface area contributed by atoms with Crippen molar-refractivity contribution in [3.8, 4) is 0 Å². The van der Waals surface area contributed by atoms with Gasteiger partial charge in [0, 0.05) is 31.8 Å². The Morgan fingerprint density at radius 1 is 1.41 bits per heavy atom. The van der Waals surface area contributed by atoms with Gasteiger partial charge in [-0.2, -0.15) is 0 Å². The molecule has 0 bridgehead atoms. The van der Waals surface area contributed by atoms with Crippen LogP contribution in [0, 0.1) is 0 Å². The second-order valence-corrected chi connectivity index (χ2v) is 3.84. The van der Waals surface area contributed by atoms with Crippen LogP contribution in [0.1, 0.15) is 18.5 Å². The number of pyridine rings is 1. The molecule has 88 valence electrons. The number of aromatic nitrogens is 3. The second kappa shape index (κ2) is 4.78. The predicted octanol–water partition coefficient (Wildman–Crippen LogP) is 1.35. The maximum atomic E-state index is 11.8. The topological polar surface area (TPSA) is 59.8 Å². The number of aryl methyl sites for hydroxylation is 1. The average molecular weight is 230 g/mol. The SMILES string of the molecule is CC(Nc1nccn(C)c1=O)c1cccnc1. The molecule has 0 radical (unpaired) electrons. The highest BCUT2D eigenvalue weighted by atomic mass is 16.1. The number of anilines is 1. The summed E-state index contributed by atoms with van der Waals surface area (Å²) in [6, 6.07) is 3.81. The van der Waals surface area contributed by atoms with E-state index in [9.17, 15) is 4.79 Å². The highest BCUT2D eigenvalue weighted by Crippen LogP contribution is 2.13. The molecule has 0 aromatic carbocycles. The molecule has 17 heavy (non-hydrogen) atoms. The molecular formula is C12H14N4O. The molecule has 1 unspecified atom stereocenters. The van der Waals surface area contributed by atoms with Crippen LogP contribution in [0.5, 0.6) is 0 Å². The first kappa shape index (κ1) is 11.3. The summed E-state index contributed by atoms with van der Waals surface area (Å²) in [6.07, 6.45) is 6.71. The van der Waals surface area contributed by atoms with Crippen LogP contribution in [-0.4, -0.2) is 14.5 Å². The van der Waals surface area contributed by atoms with E-state index in [0.29, 0.717) is 5.82 Å². The van der Waals surface area contributed by atoms with Gasteiger partial charge in [0.05, 0.1) is 6.04 Å². The van der Waals surface area contributed by atoms with Crippen LogP contribution in [0.2, 0.25) is 0 Å². The third-order valence-electron chi connectivity index (χ3n) is 2.55. The minimum absolute atomic E-state index is 0.00806. The number of hydrogen-bond donors (Lipinski definition) is 1. The highest BCUT2D eigenvalue weighted by Gasteiger charge is 2.08. The summed E-state index contributed by atoms with van der Waals surface area (Å²) in [5.74, 6) is 0.353. The predicted molar refractivity (Wildman–Crippen MR) is 65.8 cm³/mol. The van der Waals surface area contributed by atoms with Crippen molar-refractivity contribution in [2.24, 2.45) is 7.05 Å². The van der Waals surface area contributed by atoms with Gasteiger partial charge < -0.3 is 9.88 Å². The van der Waals surface area contributed by atoms with Crippen LogP contribution >= 0.6 is 0 Å². The van der Waals surface area contributed by atoms with Gasteiger partial charge in [-0.1, -0.05) is 6.07 Å². The normalized spacial score (nSPS) is 12.1. The van der Waals surface area contributed by atoms with Crippen molar-refractivity contribution in [1.82, 2.24) is 14.5 Å². The summed E-state index contributed by atoms with van der Waals surface area (Å²) in [4.78, 5) is 19.8. The molecule has 1 atom stereocenters. The van der Waals surface area contributed by atoms with E-state index in [-0.39, 0.29) is 11.6 Å². The fourth-order valence-corrected chi connectivity index (χ4v) is 1.52. The zero-order valence-corrected chi connectivity index (χ0v) is 9.79. The first-order valence-electron chi connectivity index (χ1n) is 5.36. The molecule has 1 N–H and O–H groups in total. The molecule has 0 spiro atoms. The van der Waals surface area contributed by atoms with Gasteiger partial charge in [-0.15, -0.1) is 0 Å². The Balaban J connectivity index is 2.22. The molecule has 0 aliphatic heterocycles. The number of nitrogens with one attached hydrogen (secondary N) is 1. The zero-order chi connectivity index (χ0) is 12.3. The zero-order valence-electron chi connectivity index (χ0n) is 9.79. The fraction of sp³-hybridized carbons (Fsp3) is 0.250. The molecule has 0 aliphatic rings. The van der Waals surface area contributed by atoms with Crippen LogP contribution in [-0.2, 0) is 7.05 Å². The van der Waals surface area contributed by atoms with Crippen molar-refractivity contribution in [3.05, 3.63) is 52.8 Å². The Morgan fingerprint density at radius 3 is 2.94 bits per heavy atom. The van der Waals surface area contributed by atoms with E-state index < -0.39 is 0 Å². The van der Waals surface area contributed by atoms with E-state index in [1.54, 1.807) is 31.8 Å². The third-order valence-corrected chi connectivity index (χ3v) is 2.55. The number of rotatable bonds is 3. The van der Waals surface area contributed by atoms with Crippen LogP contribution < -0.4 is 10.9 Å². The molecule has 2 rings (SSSR count). The summed E-state index contributed by atoms with van der Waals surface area (Å²) < 4.78 is 1.49. The quantitative estimate of drug-likeness (QED) is 0.864. The Hall–Kier alpha value is -2.17. The summed E-state index contributed by atoms with van der Waals surface area (Å²) in [5, 5.41) is 3.08. The lowest BCUT2D eigenvalue weighted by molar-refractivity contribution is 0.811. The van der Waals surface area contributed by atoms with E-state index in [1.165, 1.54) is 4.57 Å². The lowest BCUT2D eigenvalue weighted by atomic mass is 10.1. The van der Waals surface area contributed by atoms with Crippen molar-refractivity contribution in [2.75, 3.05) is 5.32 Å². The van der Waals surface area contributed by atoms with Gasteiger partial charge in [0.15, 0.2) is 5.82 Å². The van der Waals surface area contributed by atoms with Gasteiger partial charge in [0.25, 0.3) is 5.56 Å². The van der Waals surface area contributed by atoms with E-state index in [0.717, 1.165) is 5.56 Å².